The van der Waals surface area contributed by atoms with E-state index >= 15 is 0 Å². The maximum Gasteiger partial charge on any atom is 0.0199 e. The third-order valence-electron chi connectivity index (χ3n) is 3.93. The molecular formula is C17H35N. The molecule has 2 unspecified atom stereocenters. The van der Waals surface area contributed by atoms with Crippen LogP contribution in [-0.4, -0.2) is 18.5 Å². The molecule has 0 heterocycles. The molecule has 1 heteroatoms. The van der Waals surface area contributed by atoms with Gasteiger partial charge in [-0.1, -0.05) is 48.1 Å². The SMILES string of the molecule is C=C(CCC(C)C)N(C)CC(C)C(C)CC(C)C. The van der Waals surface area contributed by atoms with Crippen molar-refractivity contribution in [1.29, 1.82) is 0 Å². The first-order valence-electron chi connectivity index (χ1n) is 7.62. The van der Waals surface area contributed by atoms with Gasteiger partial charge in [-0.15, -0.1) is 0 Å². The van der Waals surface area contributed by atoms with Crippen LogP contribution in [0, 0.1) is 23.7 Å². The molecule has 0 aliphatic carbocycles. The van der Waals surface area contributed by atoms with Crippen molar-refractivity contribution in [3.8, 4) is 0 Å². The van der Waals surface area contributed by atoms with Crippen molar-refractivity contribution in [2.45, 2.75) is 60.8 Å². The predicted octanol–water partition coefficient (Wildman–Crippen LogP) is 5.19. The van der Waals surface area contributed by atoms with E-state index in [4.69, 9.17) is 0 Å². The Morgan fingerprint density at radius 3 is 1.94 bits per heavy atom. The first-order valence-corrected chi connectivity index (χ1v) is 7.62. The molecule has 0 saturated carbocycles. The van der Waals surface area contributed by atoms with Gasteiger partial charge in [0.15, 0.2) is 0 Å². The maximum absolute atomic E-state index is 4.23. The number of hydrogen-bond acceptors (Lipinski definition) is 1. The smallest absolute Gasteiger partial charge is 0.0199 e. The molecule has 2 atom stereocenters. The van der Waals surface area contributed by atoms with Crippen LogP contribution in [0.4, 0.5) is 0 Å². The van der Waals surface area contributed by atoms with E-state index in [2.05, 4.69) is 60.1 Å². The second-order valence-corrected chi connectivity index (χ2v) is 6.96. The van der Waals surface area contributed by atoms with Crippen LogP contribution in [0.25, 0.3) is 0 Å². The Morgan fingerprint density at radius 1 is 0.944 bits per heavy atom. The van der Waals surface area contributed by atoms with Crippen LogP contribution < -0.4 is 0 Å². The van der Waals surface area contributed by atoms with E-state index in [1.165, 1.54) is 18.5 Å². The third kappa shape index (κ3) is 7.79. The summed E-state index contributed by atoms with van der Waals surface area (Å²) in [6, 6.07) is 0. The fourth-order valence-corrected chi connectivity index (χ4v) is 2.36. The number of rotatable bonds is 9. The van der Waals surface area contributed by atoms with Gasteiger partial charge in [-0.3, -0.25) is 0 Å². The largest absolute Gasteiger partial charge is 0.378 e. The van der Waals surface area contributed by atoms with Gasteiger partial charge in [0.25, 0.3) is 0 Å². The summed E-state index contributed by atoms with van der Waals surface area (Å²) in [5.41, 5.74) is 1.30. The summed E-state index contributed by atoms with van der Waals surface area (Å²) < 4.78 is 0. The highest BCUT2D eigenvalue weighted by Crippen LogP contribution is 2.22. The number of nitrogens with zero attached hydrogens (tertiary/aromatic N) is 1. The first-order chi connectivity index (χ1) is 8.23. The zero-order chi connectivity index (χ0) is 14.3. The minimum Gasteiger partial charge on any atom is -0.378 e. The van der Waals surface area contributed by atoms with Gasteiger partial charge in [0, 0.05) is 19.3 Å². The minimum absolute atomic E-state index is 0.744. The minimum atomic E-state index is 0.744. The Kier molecular flexibility index (Phi) is 8.39. The van der Waals surface area contributed by atoms with Crippen LogP contribution in [0.2, 0.25) is 0 Å². The van der Waals surface area contributed by atoms with Crippen LogP contribution >= 0.6 is 0 Å². The molecule has 0 aromatic heterocycles. The standard InChI is InChI=1S/C17H35N/c1-13(2)9-10-17(7)18(8)12-16(6)15(5)11-14(3)4/h13-16H,7,9-12H2,1-6,8H3. The average molecular weight is 253 g/mol. The Balaban J connectivity index is 4.05. The molecule has 1 nitrogen and oxygen atoms in total. The van der Waals surface area contributed by atoms with Crippen LogP contribution in [0.5, 0.6) is 0 Å². The fourth-order valence-electron chi connectivity index (χ4n) is 2.36. The lowest BCUT2D eigenvalue weighted by Crippen LogP contribution is -2.27. The Labute approximate surface area is 116 Å². The molecule has 0 N–H and O–H groups in total. The summed E-state index contributed by atoms with van der Waals surface area (Å²) in [6.07, 6.45) is 3.71. The highest BCUT2D eigenvalue weighted by atomic mass is 15.1. The van der Waals surface area contributed by atoms with Crippen molar-refractivity contribution in [3.05, 3.63) is 12.3 Å². The zero-order valence-electron chi connectivity index (χ0n) is 13.8. The van der Waals surface area contributed by atoms with Crippen LogP contribution in [0.1, 0.15) is 60.8 Å². The van der Waals surface area contributed by atoms with Gasteiger partial charge in [-0.2, -0.15) is 0 Å². The lowest BCUT2D eigenvalue weighted by atomic mass is 9.88. The van der Waals surface area contributed by atoms with E-state index in [0.717, 1.165) is 36.6 Å². The van der Waals surface area contributed by atoms with E-state index in [9.17, 15) is 0 Å². The first kappa shape index (κ1) is 17.5. The molecule has 108 valence electrons. The molecule has 0 saturated heterocycles. The van der Waals surface area contributed by atoms with Gasteiger partial charge in [-0.05, 0) is 42.9 Å². The summed E-state index contributed by atoms with van der Waals surface area (Å²) in [4.78, 5) is 2.36. The highest BCUT2D eigenvalue weighted by Gasteiger charge is 2.16. The van der Waals surface area contributed by atoms with E-state index in [-0.39, 0.29) is 0 Å². The molecule has 0 rings (SSSR count). The average Bonchev–Trinajstić information content (AvgIpc) is 2.24. The molecule has 0 aromatic rings. The van der Waals surface area contributed by atoms with Gasteiger partial charge in [0.2, 0.25) is 0 Å². The van der Waals surface area contributed by atoms with Crippen molar-refractivity contribution in [2.24, 2.45) is 23.7 Å². The number of hydrogen-bond donors (Lipinski definition) is 0. The molecule has 0 spiro atoms. The third-order valence-corrected chi connectivity index (χ3v) is 3.93. The molecule has 0 amide bonds. The molecule has 0 aliphatic rings. The fraction of sp³-hybridized carbons (Fsp3) is 0.882. The summed E-state index contributed by atoms with van der Waals surface area (Å²) in [7, 11) is 2.20. The van der Waals surface area contributed by atoms with Crippen molar-refractivity contribution >= 4 is 0 Å². The molecule has 0 bridgehead atoms. The van der Waals surface area contributed by atoms with Gasteiger partial charge in [0.05, 0.1) is 0 Å². The van der Waals surface area contributed by atoms with E-state index in [0.29, 0.717) is 0 Å². The molecule has 0 aliphatic heterocycles. The van der Waals surface area contributed by atoms with Gasteiger partial charge < -0.3 is 4.90 Å². The van der Waals surface area contributed by atoms with E-state index in [1.807, 2.05) is 0 Å². The van der Waals surface area contributed by atoms with Gasteiger partial charge in [-0.25, -0.2) is 0 Å². The normalized spacial score (nSPS) is 14.9. The predicted molar refractivity (Wildman–Crippen MR) is 83.6 cm³/mol. The van der Waals surface area contributed by atoms with Crippen molar-refractivity contribution in [3.63, 3.8) is 0 Å². The quantitative estimate of drug-likeness (QED) is 0.547. The van der Waals surface area contributed by atoms with Crippen molar-refractivity contribution in [2.75, 3.05) is 13.6 Å². The van der Waals surface area contributed by atoms with Gasteiger partial charge >= 0.3 is 0 Å². The van der Waals surface area contributed by atoms with Crippen LogP contribution in [0.3, 0.4) is 0 Å². The second-order valence-electron chi connectivity index (χ2n) is 6.96. The van der Waals surface area contributed by atoms with E-state index in [1.54, 1.807) is 0 Å². The van der Waals surface area contributed by atoms with Crippen LogP contribution in [-0.2, 0) is 0 Å². The topological polar surface area (TPSA) is 3.24 Å². The molecule has 0 fully saturated rings. The summed E-state index contributed by atoms with van der Waals surface area (Å²) in [5, 5.41) is 0. The summed E-state index contributed by atoms with van der Waals surface area (Å²) in [5.74, 6) is 3.11. The lowest BCUT2D eigenvalue weighted by molar-refractivity contribution is 0.249. The zero-order valence-corrected chi connectivity index (χ0v) is 13.8. The monoisotopic (exact) mass is 253 g/mol. The Bertz CT molecular complexity index is 230. The molecule has 18 heavy (non-hydrogen) atoms. The summed E-state index contributed by atoms with van der Waals surface area (Å²) in [6.45, 7) is 19.3. The molecular weight excluding hydrogens is 218 g/mol. The molecule has 0 aromatic carbocycles. The van der Waals surface area contributed by atoms with E-state index < -0.39 is 0 Å². The highest BCUT2D eigenvalue weighted by molar-refractivity contribution is 4.93. The summed E-state index contributed by atoms with van der Waals surface area (Å²) >= 11 is 0. The van der Waals surface area contributed by atoms with Crippen molar-refractivity contribution in [1.82, 2.24) is 4.90 Å². The van der Waals surface area contributed by atoms with Crippen LogP contribution in [0.15, 0.2) is 12.3 Å². The Morgan fingerprint density at radius 2 is 1.50 bits per heavy atom. The molecule has 0 radical (unpaired) electrons. The lowest BCUT2D eigenvalue weighted by Gasteiger charge is -2.29. The maximum atomic E-state index is 4.23. The van der Waals surface area contributed by atoms with Gasteiger partial charge in [0.1, 0.15) is 0 Å². The van der Waals surface area contributed by atoms with Crippen molar-refractivity contribution < 1.29 is 0 Å². The number of allylic oxidation sites excluding steroid dienone is 1. The Hall–Kier alpha value is -0.460. The second kappa shape index (κ2) is 8.61.